The minimum absolute atomic E-state index is 0.465. The van der Waals surface area contributed by atoms with Gasteiger partial charge >= 0.3 is 0 Å². The Morgan fingerprint density at radius 3 is 3.15 bits per heavy atom. The van der Waals surface area contributed by atoms with Crippen molar-refractivity contribution in [2.75, 3.05) is 0 Å². The van der Waals surface area contributed by atoms with E-state index in [1.54, 1.807) is 6.33 Å². The predicted octanol–water partition coefficient (Wildman–Crippen LogP) is 1.38. The molecule has 0 aliphatic carbocycles. The van der Waals surface area contributed by atoms with E-state index in [2.05, 4.69) is 4.98 Å². The van der Waals surface area contributed by atoms with E-state index in [1.807, 2.05) is 29.7 Å². The number of aromatic nitrogens is 2. The van der Waals surface area contributed by atoms with Crippen LogP contribution < -0.4 is 0 Å². The summed E-state index contributed by atoms with van der Waals surface area (Å²) in [6, 6.07) is 3.94. The summed E-state index contributed by atoms with van der Waals surface area (Å²) in [5.41, 5.74) is 3.12. The summed E-state index contributed by atoms with van der Waals surface area (Å²) >= 11 is 0. The molecule has 2 aromatic rings. The fourth-order valence-electron chi connectivity index (χ4n) is 1.40. The van der Waals surface area contributed by atoms with Crippen molar-refractivity contribution in [1.29, 1.82) is 0 Å². The van der Waals surface area contributed by atoms with Gasteiger partial charge in [-0.15, -0.1) is 0 Å². The molecule has 13 heavy (non-hydrogen) atoms. The molecular formula is C10H10N2O. The zero-order valence-corrected chi connectivity index (χ0v) is 7.40. The predicted molar refractivity (Wildman–Crippen MR) is 49.7 cm³/mol. The maximum absolute atomic E-state index is 10.3. The molecule has 3 nitrogen and oxygen atoms in total. The molecular weight excluding hydrogens is 164 g/mol. The molecule has 0 aliphatic rings. The van der Waals surface area contributed by atoms with Gasteiger partial charge in [0, 0.05) is 12.6 Å². The summed E-state index contributed by atoms with van der Waals surface area (Å²) in [7, 11) is 0. The lowest BCUT2D eigenvalue weighted by atomic mass is 10.2. The van der Waals surface area contributed by atoms with Gasteiger partial charge in [0.15, 0.2) is 0 Å². The zero-order valence-electron chi connectivity index (χ0n) is 7.40. The normalized spacial score (nSPS) is 10.5. The molecule has 0 unspecified atom stereocenters. The Kier molecular flexibility index (Phi) is 1.85. The van der Waals surface area contributed by atoms with Gasteiger partial charge in [0.1, 0.15) is 6.29 Å². The van der Waals surface area contributed by atoms with E-state index in [-0.39, 0.29) is 0 Å². The first kappa shape index (κ1) is 7.98. The van der Waals surface area contributed by atoms with Gasteiger partial charge in [0.2, 0.25) is 0 Å². The van der Waals surface area contributed by atoms with Gasteiger partial charge in [-0.25, -0.2) is 4.98 Å². The number of pyridine rings is 1. The maximum Gasteiger partial charge on any atom is 0.124 e. The first-order chi connectivity index (χ1) is 6.31. The third-order valence-electron chi connectivity index (χ3n) is 2.10. The van der Waals surface area contributed by atoms with Crippen LogP contribution in [-0.2, 0) is 11.2 Å². The van der Waals surface area contributed by atoms with E-state index in [1.165, 1.54) is 0 Å². The molecule has 0 saturated heterocycles. The third kappa shape index (κ3) is 1.33. The number of rotatable bonds is 2. The smallest absolute Gasteiger partial charge is 0.124 e. The van der Waals surface area contributed by atoms with E-state index in [9.17, 15) is 4.79 Å². The highest BCUT2D eigenvalue weighted by Crippen LogP contribution is 2.09. The minimum Gasteiger partial charge on any atom is -0.306 e. The number of aldehydes is 1. The van der Waals surface area contributed by atoms with Crippen LogP contribution in [0.2, 0.25) is 0 Å². The quantitative estimate of drug-likeness (QED) is 0.645. The van der Waals surface area contributed by atoms with E-state index < -0.39 is 0 Å². The molecule has 0 spiro atoms. The minimum atomic E-state index is 0.465. The van der Waals surface area contributed by atoms with Gasteiger partial charge in [0.05, 0.1) is 17.5 Å². The Balaban J connectivity index is 2.56. The molecule has 2 rings (SSSR count). The van der Waals surface area contributed by atoms with Crippen LogP contribution in [0.1, 0.15) is 11.3 Å². The standard InChI is InChI=1S/C10H10N2O/c1-8-10-3-2-9(4-5-13)6-12(10)7-11-8/h2-3,5-7H,4H2,1H3. The van der Waals surface area contributed by atoms with Crippen molar-refractivity contribution in [2.24, 2.45) is 0 Å². The second kappa shape index (κ2) is 3.01. The number of fused-ring (bicyclic) bond motifs is 1. The average Bonchev–Trinajstić information content (AvgIpc) is 2.48. The van der Waals surface area contributed by atoms with Crippen LogP contribution in [0.15, 0.2) is 24.7 Å². The summed E-state index contributed by atoms with van der Waals surface area (Å²) in [6.45, 7) is 1.97. The first-order valence-corrected chi connectivity index (χ1v) is 4.17. The van der Waals surface area contributed by atoms with Crippen LogP contribution in [-0.4, -0.2) is 15.7 Å². The van der Waals surface area contributed by atoms with Crippen molar-refractivity contribution in [2.45, 2.75) is 13.3 Å². The van der Waals surface area contributed by atoms with E-state index in [0.717, 1.165) is 23.1 Å². The molecule has 0 aliphatic heterocycles. The topological polar surface area (TPSA) is 34.4 Å². The van der Waals surface area contributed by atoms with Gasteiger partial charge in [-0.1, -0.05) is 6.07 Å². The molecule has 66 valence electrons. The Morgan fingerprint density at radius 1 is 1.54 bits per heavy atom. The van der Waals surface area contributed by atoms with Crippen LogP contribution in [0, 0.1) is 6.92 Å². The van der Waals surface area contributed by atoms with Crippen molar-refractivity contribution < 1.29 is 4.79 Å². The lowest BCUT2D eigenvalue weighted by molar-refractivity contribution is -0.107. The summed E-state index contributed by atoms with van der Waals surface area (Å²) in [6.07, 6.45) is 5.07. The van der Waals surface area contributed by atoms with Crippen LogP contribution in [0.3, 0.4) is 0 Å². The molecule has 3 heteroatoms. The maximum atomic E-state index is 10.3. The van der Waals surface area contributed by atoms with Gasteiger partial charge in [-0.2, -0.15) is 0 Å². The summed E-state index contributed by atoms with van der Waals surface area (Å²) in [5.74, 6) is 0. The summed E-state index contributed by atoms with van der Waals surface area (Å²) in [5, 5.41) is 0. The SMILES string of the molecule is Cc1ncn2cc(CC=O)ccc12. The number of carbonyl (C=O) groups is 1. The molecule has 0 amide bonds. The average molecular weight is 174 g/mol. The monoisotopic (exact) mass is 174 g/mol. The van der Waals surface area contributed by atoms with Crippen molar-refractivity contribution in [3.63, 3.8) is 0 Å². The highest BCUT2D eigenvalue weighted by Gasteiger charge is 1.99. The lowest BCUT2D eigenvalue weighted by Crippen LogP contribution is -1.90. The lowest BCUT2D eigenvalue weighted by Gasteiger charge is -1.97. The number of hydrogen-bond acceptors (Lipinski definition) is 2. The number of imidazole rings is 1. The third-order valence-corrected chi connectivity index (χ3v) is 2.10. The van der Waals surface area contributed by atoms with Gasteiger partial charge < -0.3 is 9.20 Å². The second-order valence-electron chi connectivity index (χ2n) is 3.03. The fourth-order valence-corrected chi connectivity index (χ4v) is 1.40. The van der Waals surface area contributed by atoms with Crippen molar-refractivity contribution in [3.8, 4) is 0 Å². The highest BCUT2D eigenvalue weighted by molar-refractivity contribution is 5.57. The Bertz CT molecular complexity index is 445. The van der Waals surface area contributed by atoms with E-state index in [0.29, 0.717) is 6.42 Å². The molecule has 0 atom stereocenters. The number of nitrogens with zero attached hydrogens (tertiary/aromatic N) is 2. The fraction of sp³-hybridized carbons (Fsp3) is 0.200. The van der Waals surface area contributed by atoms with E-state index >= 15 is 0 Å². The Hall–Kier alpha value is -1.64. The molecule has 2 heterocycles. The van der Waals surface area contributed by atoms with Crippen LogP contribution in [0.5, 0.6) is 0 Å². The molecule has 0 bridgehead atoms. The Labute approximate surface area is 76.0 Å². The first-order valence-electron chi connectivity index (χ1n) is 4.17. The van der Waals surface area contributed by atoms with Gasteiger partial charge in [-0.05, 0) is 18.6 Å². The molecule has 0 saturated carbocycles. The van der Waals surface area contributed by atoms with Gasteiger partial charge in [0.25, 0.3) is 0 Å². The molecule has 0 N–H and O–H groups in total. The highest BCUT2D eigenvalue weighted by atomic mass is 16.1. The molecule has 0 radical (unpaired) electrons. The number of hydrogen-bond donors (Lipinski definition) is 0. The summed E-state index contributed by atoms with van der Waals surface area (Å²) in [4.78, 5) is 14.5. The van der Waals surface area contributed by atoms with Gasteiger partial charge in [-0.3, -0.25) is 0 Å². The largest absolute Gasteiger partial charge is 0.306 e. The number of carbonyl (C=O) groups excluding carboxylic acids is 1. The zero-order chi connectivity index (χ0) is 9.26. The van der Waals surface area contributed by atoms with Crippen molar-refractivity contribution >= 4 is 11.8 Å². The van der Waals surface area contributed by atoms with Crippen LogP contribution in [0.4, 0.5) is 0 Å². The Morgan fingerprint density at radius 2 is 2.38 bits per heavy atom. The summed E-state index contributed by atoms with van der Waals surface area (Å²) < 4.78 is 1.94. The van der Waals surface area contributed by atoms with Crippen LogP contribution in [0.25, 0.3) is 5.52 Å². The molecule has 2 aromatic heterocycles. The molecule has 0 aromatic carbocycles. The van der Waals surface area contributed by atoms with Crippen LogP contribution >= 0.6 is 0 Å². The molecule has 0 fully saturated rings. The second-order valence-corrected chi connectivity index (χ2v) is 3.03. The van der Waals surface area contributed by atoms with Crippen molar-refractivity contribution in [3.05, 3.63) is 35.9 Å². The van der Waals surface area contributed by atoms with E-state index in [4.69, 9.17) is 0 Å². The number of aryl methyl sites for hydroxylation is 1. The van der Waals surface area contributed by atoms with Crippen molar-refractivity contribution in [1.82, 2.24) is 9.38 Å².